The molecule has 66 valence electrons. The van der Waals surface area contributed by atoms with Gasteiger partial charge >= 0.3 is 0 Å². The molecule has 1 heteroatoms. The van der Waals surface area contributed by atoms with E-state index in [4.69, 9.17) is 0 Å². The van der Waals surface area contributed by atoms with Crippen molar-refractivity contribution in [3.05, 3.63) is 12.3 Å². The Balaban J connectivity index is 4.22. The first-order valence-electron chi connectivity index (χ1n) is 4.32. The van der Waals surface area contributed by atoms with Gasteiger partial charge in [0.25, 0.3) is 0 Å². The third-order valence-corrected chi connectivity index (χ3v) is 1.72. The molecule has 0 bridgehead atoms. The third-order valence-electron chi connectivity index (χ3n) is 1.72. The van der Waals surface area contributed by atoms with Gasteiger partial charge in [-0.1, -0.05) is 13.5 Å². The smallest absolute Gasteiger partial charge is 0.0314 e. The van der Waals surface area contributed by atoms with Gasteiger partial charge in [0.15, 0.2) is 0 Å². The van der Waals surface area contributed by atoms with Crippen molar-refractivity contribution in [3.8, 4) is 0 Å². The lowest BCUT2D eigenvalue weighted by molar-refractivity contribution is 0.187. The summed E-state index contributed by atoms with van der Waals surface area (Å²) in [5, 5.41) is 0. The Kier molecular flexibility index (Phi) is 3.64. The fourth-order valence-electron chi connectivity index (χ4n) is 1.32. The van der Waals surface area contributed by atoms with Crippen molar-refractivity contribution in [3.63, 3.8) is 0 Å². The molecule has 0 saturated heterocycles. The summed E-state index contributed by atoms with van der Waals surface area (Å²) in [6.07, 6.45) is 1.18. The van der Waals surface area contributed by atoms with E-state index in [1.54, 1.807) is 0 Å². The first kappa shape index (κ1) is 10.5. The first-order chi connectivity index (χ1) is 4.89. The fraction of sp³-hybridized carbons (Fsp3) is 0.800. The summed E-state index contributed by atoms with van der Waals surface area (Å²) in [6.45, 7) is 16.0. The number of nitrogens with zero attached hydrogens (tertiary/aromatic N) is 1. The zero-order valence-electron chi connectivity index (χ0n) is 8.57. The predicted octanol–water partition coefficient (Wildman–Crippen LogP) is 3.03. The van der Waals surface area contributed by atoms with E-state index in [0.29, 0.717) is 0 Å². The predicted molar refractivity (Wildman–Crippen MR) is 51.6 cm³/mol. The molecule has 0 radical (unpaired) electrons. The molecule has 0 rings (SSSR count). The maximum Gasteiger partial charge on any atom is 0.0314 e. The van der Waals surface area contributed by atoms with E-state index in [2.05, 4.69) is 46.1 Å². The highest BCUT2D eigenvalue weighted by Crippen LogP contribution is 2.17. The number of hydrogen-bond donors (Lipinski definition) is 0. The van der Waals surface area contributed by atoms with Crippen LogP contribution in [0.2, 0.25) is 0 Å². The quantitative estimate of drug-likeness (QED) is 0.605. The van der Waals surface area contributed by atoms with E-state index >= 15 is 0 Å². The molecule has 0 fully saturated rings. The van der Waals surface area contributed by atoms with Crippen LogP contribution < -0.4 is 0 Å². The summed E-state index contributed by atoms with van der Waals surface area (Å²) in [7, 11) is 0. The van der Waals surface area contributed by atoms with Crippen LogP contribution in [0, 0.1) is 0 Å². The van der Waals surface area contributed by atoms with Crippen molar-refractivity contribution >= 4 is 0 Å². The molecule has 0 heterocycles. The highest BCUT2D eigenvalue weighted by molar-refractivity contribution is 4.95. The molecule has 0 aliphatic heterocycles. The molecule has 0 atom stereocenters. The van der Waals surface area contributed by atoms with E-state index in [0.717, 1.165) is 6.54 Å². The van der Waals surface area contributed by atoms with Crippen molar-refractivity contribution < 1.29 is 0 Å². The van der Waals surface area contributed by atoms with Gasteiger partial charge in [0.2, 0.25) is 0 Å². The fourth-order valence-corrected chi connectivity index (χ4v) is 1.32. The summed E-state index contributed by atoms with van der Waals surface area (Å²) in [4.78, 5) is 2.34. The largest absolute Gasteiger partial charge is 0.371 e. The van der Waals surface area contributed by atoms with Crippen molar-refractivity contribution in [1.82, 2.24) is 4.90 Å². The summed E-state index contributed by atoms with van der Waals surface area (Å²) in [5.74, 6) is 0. The minimum atomic E-state index is 0.224. The number of hydrogen-bond acceptors (Lipinski definition) is 1. The Morgan fingerprint density at radius 1 is 1.36 bits per heavy atom. The molecule has 0 aromatic rings. The Morgan fingerprint density at radius 2 is 1.82 bits per heavy atom. The average Bonchev–Trinajstić information content (AvgIpc) is 1.79. The topological polar surface area (TPSA) is 3.24 Å². The third kappa shape index (κ3) is 3.45. The van der Waals surface area contributed by atoms with Crippen molar-refractivity contribution in [2.45, 2.75) is 46.6 Å². The lowest BCUT2D eigenvalue weighted by atomic mass is 10.1. The van der Waals surface area contributed by atoms with Gasteiger partial charge in [0, 0.05) is 17.8 Å². The van der Waals surface area contributed by atoms with E-state index < -0.39 is 0 Å². The Bertz CT molecular complexity index is 130. The minimum Gasteiger partial charge on any atom is -0.371 e. The Hall–Kier alpha value is -0.460. The molecule has 0 aliphatic carbocycles. The van der Waals surface area contributed by atoms with E-state index in [-0.39, 0.29) is 5.54 Å². The van der Waals surface area contributed by atoms with Crippen LogP contribution in [0.3, 0.4) is 0 Å². The molecule has 0 amide bonds. The molecule has 0 unspecified atom stereocenters. The molecule has 0 aromatic carbocycles. The van der Waals surface area contributed by atoms with Crippen LogP contribution in [-0.2, 0) is 0 Å². The van der Waals surface area contributed by atoms with Crippen LogP contribution in [-0.4, -0.2) is 17.0 Å². The number of rotatable bonds is 3. The molecule has 0 N–H and O–H groups in total. The van der Waals surface area contributed by atoms with Crippen LogP contribution >= 0.6 is 0 Å². The summed E-state index contributed by atoms with van der Waals surface area (Å²) in [6, 6.07) is 0. The van der Waals surface area contributed by atoms with Gasteiger partial charge in [0.1, 0.15) is 0 Å². The maximum atomic E-state index is 3.97. The van der Waals surface area contributed by atoms with Gasteiger partial charge < -0.3 is 4.90 Å². The molecule has 0 aromatic heterocycles. The van der Waals surface area contributed by atoms with Crippen molar-refractivity contribution in [1.29, 1.82) is 0 Å². The van der Waals surface area contributed by atoms with Crippen LogP contribution in [0.4, 0.5) is 0 Å². The van der Waals surface area contributed by atoms with Crippen molar-refractivity contribution in [2.75, 3.05) is 6.54 Å². The van der Waals surface area contributed by atoms with E-state index in [1.165, 1.54) is 12.1 Å². The van der Waals surface area contributed by atoms with Crippen molar-refractivity contribution in [2.24, 2.45) is 0 Å². The van der Waals surface area contributed by atoms with Crippen LogP contribution in [0.1, 0.15) is 41.0 Å². The second-order valence-corrected chi connectivity index (χ2v) is 4.06. The van der Waals surface area contributed by atoms with Gasteiger partial charge in [-0.3, -0.25) is 0 Å². The van der Waals surface area contributed by atoms with Gasteiger partial charge in [-0.2, -0.15) is 0 Å². The van der Waals surface area contributed by atoms with Gasteiger partial charge in [-0.05, 0) is 34.1 Å². The molecule has 0 saturated carbocycles. The minimum absolute atomic E-state index is 0.224. The molecule has 0 aliphatic rings. The van der Waals surface area contributed by atoms with Gasteiger partial charge in [-0.25, -0.2) is 0 Å². The first-order valence-corrected chi connectivity index (χ1v) is 4.32. The van der Waals surface area contributed by atoms with Gasteiger partial charge in [0.05, 0.1) is 0 Å². The zero-order valence-corrected chi connectivity index (χ0v) is 8.57. The molecule has 0 spiro atoms. The molecule has 11 heavy (non-hydrogen) atoms. The van der Waals surface area contributed by atoms with Crippen LogP contribution in [0.25, 0.3) is 0 Å². The van der Waals surface area contributed by atoms with Crippen LogP contribution in [0.15, 0.2) is 12.3 Å². The molecular weight excluding hydrogens is 134 g/mol. The summed E-state index contributed by atoms with van der Waals surface area (Å²) in [5.41, 5.74) is 1.39. The monoisotopic (exact) mass is 155 g/mol. The second kappa shape index (κ2) is 3.80. The lowest BCUT2D eigenvalue weighted by Crippen LogP contribution is -2.40. The normalized spacial score (nSPS) is 11.4. The van der Waals surface area contributed by atoms with Crippen LogP contribution in [0.5, 0.6) is 0 Å². The van der Waals surface area contributed by atoms with E-state index in [9.17, 15) is 0 Å². The lowest BCUT2D eigenvalue weighted by Gasteiger charge is -2.37. The summed E-state index contributed by atoms with van der Waals surface area (Å²) < 4.78 is 0. The average molecular weight is 155 g/mol. The second-order valence-electron chi connectivity index (χ2n) is 4.06. The Morgan fingerprint density at radius 3 is 1.91 bits per heavy atom. The molecule has 1 nitrogen and oxygen atoms in total. The standard InChI is InChI=1S/C10H21N/c1-7-8-11(9(2)3)10(4,5)6/h2,7-8H2,1,3-6H3. The van der Waals surface area contributed by atoms with Gasteiger partial charge in [-0.15, -0.1) is 0 Å². The van der Waals surface area contributed by atoms with E-state index in [1.807, 2.05) is 0 Å². The highest BCUT2D eigenvalue weighted by Gasteiger charge is 2.18. The zero-order chi connectivity index (χ0) is 9.07. The number of allylic oxidation sites excluding steroid dienone is 1. The highest BCUT2D eigenvalue weighted by atomic mass is 15.2. The summed E-state index contributed by atoms with van der Waals surface area (Å²) >= 11 is 0. The molecular formula is C10H21N. The SMILES string of the molecule is C=C(C)N(CCC)C(C)(C)C. The maximum absolute atomic E-state index is 3.97. The Labute approximate surface area is 71.1 Å².